The quantitative estimate of drug-likeness (QED) is 0.692. The number of likely N-dealkylation sites (N-methyl/N-ethyl adjacent to an activating group) is 1. The predicted octanol–water partition coefficient (Wildman–Crippen LogP) is 1.38. The van der Waals surface area contributed by atoms with Crippen molar-refractivity contribution in [2.75, 3.05) is 19.0 Å². The summed E-state index contributed by atoms with van der Waals surface area (Å²) >= 11 is 5.48. The Morgan fingerprint density at radius 3 is 2.31 bits per heavy atom. The van der Waals surface area contributed by atoms with Gasteiger partial charge in [-0.15, -0.1) is 11.6 Å². The predicted molar refractivity (Wildman–Crippen MR) is 65.5 cm³/mol. The van der Waals surface area contributed by atoms with Gasteiger partial charge in [0, 0.05) is 25.4 Å². The maximum Gasteiger partial charge on any atom is 0.244 e. The van der Waals surface area contributed by atoms with Gasteiger partial charge in [0.1, 0.15) is 6.04 Å². The van der Waals surface area contributed by atoms with Crippen molar-refractivity contribution in [3.63, 3.8) is 0 Å². The number of nitrogens with one attached hydrogen (secondary N) is 1. The first-order chi connectivity index (χ1) is 7.56. The summed E-state index contributed by atoms with van der Waals surface area (Å²) in [5.74, 6) is 0.309. The Morgan fingerprint density at radius 1 is 1.31 bits per heavy atom. The molecule has 0 aliphatic heterocycles. The van der Waals surface area contributed by atoms with Gasteiger partial charge in [-0.1, -0.05) is 0 Å². The standard InChI is InChI=1S/C11H21ClN2O2/c1-4-14(5-2)11(16)9(3)13-10(15)7-6-8-12/h9H,4-8H2,1-3H3,(H,13,15). The van der Waals surface area contributed by atoms with Crippen LogP contribution in [0.5, 0.6) is 0 Å². The van der Waals surface area contributed by atoms with Crippen LogP contribution in [0.15, 0.2) is 0 Å². The van der Waals surface area contributed by atoms with Crippen molar-refractivity contribution < 1.29 is 9.59 Å². The highest BCUT2D eigenvalue weighted by molar-refractivity contribution is 6.17. The van der Waals surface area contributed by atoms with Crippen molar-refractivity contribution in [1.82, 2.24) is 10.2 Å². The molecule has 0 radical (unpaired) electrons. The van der Waals surface area contributed by atoms with Gasteiger partial charge in [-0.25, -0.2) is 0 Å². The molecule has 0 aromatic rings. The zero-order chi connectivity index (χ0) is 12.6. The van der Waals surface area contributed by atoms with Gasteiger partial charge in [-0.2, -0.15) is 0 Å². The number of carbonyl (C=O) groups is 2. The van der Waals surface area contributed by atoms with Gasteiger partial charge in [0.05, 0.1) is 0 Å². The maximum atomic E-state index is 11.8. The van der Waals surface area contributed by atoms with E-state index in [1.165, 1.54) is 0 Å². The first-order valence-electron chi connectivity index (χ1n) is 5.70. The van der Waals surface area contributed by atoms with Crippen molar-refractivity contribution in [2.45, 2.75) is 39.7 Å². The van der Waals surface area contributed by atoms with E-state index in [9.17, 15) is 9.59 Å². The second-order valence-electron chi connectivity index (χ2n) is 3.59. The molecule has 0 bridgehead atoms. The SMILES string of the molecule is CCN(CC)C(=O)C(C)NC(=O)CCCCl. The van der Waals surface area contributed by atoms with Crippen LogP contribution >= 0.6 is 11.6 Å². The summed E-state index contributed by atoms with van der Waals surface area (Å²) < 4.78 is 0. The van der Waals surface area contributed by atoms with E-state index in [4.69, 9.17) is 11.6 Å². The number of carbonyl (C=O) groups excluding carboxylic acids is 2. The monoisotopic (exact) mass is 248 g/mol. The van der Waals surface area contributed by atoms with Crippen LogP contribution in [-0.4, -0.2) is 41.7 Å². The lowest BCUT2D eigenvalue weighted by Crippen LogP contribution is -2.46. The Morgan fingerprint density at radius 2 is 1.88 bits per heavy atom. The van der Waals surface area contributed by atoms with Gasteiger partial charge >= 0.3 is 0 Å². The Kier molecular flexibility index (Phi) is 7.99. The lowest BCUT2D eigenvalue weighted by molar-refractivity contribution is -0.135. The highest BCUT2D eigenvalue weighted by Gasteiger charge is 2.19. The van der Waals surface area contributed by atoms with Crippen molar-refractivity contribution in [3.05, 3.63) is 0 Å². The lowest BCUT2D eigenvalue weighted by Gasteiger charge is -2.23. The second kappa shape index (κ2) is 8.39. The molecule has 1 unspecified atom stereocenters. The van der Waals surface area contributed by atoms with Crippen LogP contribution in [0.4, 0.5) is 0 Å². The number of hydrogen-bond donors (Lipinski definition) is 1. The molecule has 0 aliphatic carbocycles. The fraction of sp³-hybridized carbons (Fsp3) is 0.818. The molecule has 0 heterocycles. The average molecular weight is 249 g/mol. The zero-order valence-electron chi connectivity index (χ0n) is 10.3. The normalized spacial score (nSPS) is 12.0. The first kappa shape index (κ1) is 15.2. The highest BCUT2D eigenvalue weighted by atomic mass is 35.5. The minimum Gasteiger partial charge on any atom is -0.345 e. The highest BCUT2D eigenvalue weighted by Crippen LogP contribution is 1.97. The van der Waals surface area contributed by atoms with Crippen LogP contribution in [0.2, 0.25) is 0 Å². The van der Waals surface area contributed by atoms with E-state index < -0.39 is 6.04 Å². The molecule has 2 amide bonds. The molecule has 1 N–H and O–H groups in total. The van der Waals surface area contributed by atoms with Crippen LogP contribution in [0.1, 0.15) is 33.6 Å². The molecule has 16 heavy (non-hydrogen) atoms. The minimum atomic E-state index is -0.456. The van der Waals surface area contributed by atoms with Gasteiger partial charge in [0.2, 0.25) is 11.8 Å². The maximum absolute atomic E-state index is 11.8. The number of hydrogen-bond acceptors (Lipinski definition) is 2. The van der Waals surface area contributed by atoms with Gasteiger partial charge in [0.25, 0.3) is 0 Å². The van der Waals surface area contributed by atoms with E-state index in [-0.39, 0.29) is 11.8 Å². The van der Waals surface area contributed by atoms with Crippen LogP contribution in [0.25, 0.3) is 0 Å². The lowest BCUT2D eigenvalue weighted by atomic mass is 10.2. The van der Waals surface area contributed by atoms with E-state index in [1.54, 1.807) is 11.8 Å². The van der Waals surface area contributed by atoms with Gasteiger partial charge in [-0.05, 0) is 27.2 Å². The summed E-state index contributed by atoms with van der Waals surface area (Å²) in [5, 5.41) is 2.67. The summed E-state index contributed by atoms with van der Waals surface area (Å²) in [5.41, 5.74) is 0. The fourth-order valence-corrected chi connectivity index (χ4v) is 1.55. The number of amides is 2. The third-order valence-electron chi connectivity index (χ3n) is 2.36. The summed E-state index contributed by atoms with van der Waals surface area (Å²) in [6.07, 6.45) is 1.01. The molecule has 0 saturated heterocycles. The molecule has 0 fully saturated rings. The van der Waals surface area contributed by atoms with E-state index in [0.29, 0.717) is 31.8 Å². The number of alkyl halides is 1. The summed E-state index contributed by atoms with van der Waals surface area (Å²) in [6.45, 7) is 6.88. The van der Waals surface area contributed by atoms with Crippen molar-refractivity contribution in [2.24, 2.45) is 0 Å². The number of rotatable bonds is 7. The topological polar surface area (TPSA) is 49.4 Å². The molecule has 0 aromatic carbocycles. The molecule has 94 valence electrons. The van der Waals surface area contributed by atoms with Crippen molar-refractivity contribution >= 4 is 23.4 Å². The molecule has 5 heteroatoms. The van der Waals surface area contributed by atoms with Crippen molar-refractivity contribution in [3.8, 4) is 0 Å². The second-order valence-corrected chi connectivity index (χ2v) is 3.97. The Labute approximate surface area is 102 Å². The molecule has 0 saturated carbocycles. The summed E-state index contributed by atoms with van der Waals surface area (Å²) in [6, 6.07) is -0.456. The van der Waals surface area contributed by atoms with Gasteiger partial charge in [-0.3, -0.25) is 9.59 Å². The van der Waals surface area contributed by atoms with Gasteiger partial charge in [0.15, 0.2) is 0 Å². The smallest absolute Gasteiger partial charge is 0.244 e. The zero-order valence-corrected chi connectivity index (χ0v) is 11.0. The third kappa shape index (κ3) is 5.35. The van der Waals surface area contributed by atoms with Crippen LogP contribution in [0, 0.1) is 0 Å². The Hall–Kier alpha value is -0.770. The molecular formula is C11H21ClN2O2. The average Bonchev–Trinajstić information content (AvgIpc) is 2.27. The van der Waals surface area contributed by atoms with E-state index in [1.807, 2.05) is 13.8 Å². The minimum absolute atomic E-state index is 0.0378. The Bertz CT molecular complexity index is 230. The molecule has 0 spiro atoms. The van der Waals surface area contributed by atoms with Crippen LogP contribution in [0.3, 0.4) is 0 Å². The summed E-state index contributed by atoms with van der Waals surface area (Å²) in [7, 11) is 0. The molecule has 0 aromatic heterocycles. The van der Waals surface area contributed by atoms with Gasteiger partial charge < -0.3 is 10.2 Å². The molecule has 0 rings (SSSR count). The number of halogens is 1. The first-order valence-corrected chi connectivity index (χ1v) is 6.24. The Balaban J connectivity index is 4.08. The number of nitrogens with zero attached hydrogens (tertiary/aromatic N) is 1. The molecule has 0 aliphatic rings. The molecule has 1 atom stereocenters. The fourth-order valence-electron chi connectivity index (χ4n) is 1.41. The molecular weight excluding hydrogens is 228 g/mol. The largest absolute Gasteiger partial charge is 0.345 e. The van der Waals surface area contributed by atoms with E-state index in [2.05, 4.69) is 5.32 Å². The molecule has 4 nitrogen and oxygen atoms in total. The summed E-state index contributed by atoms with van der Waals surface area (Å²) in [4.78, 5) is 24.9. The third-order valence-corrected chi connectivity index (χ3v) is 2.63. The van der Waals surface area contributed by atoms with E-state index in [0.717, 1.165) is 0 Å². The van der Waals surface area contributed by atoms with Crippen LogP contribution < -0.4 is 5.32 Å². The van der Waals surface area contributed by atoms with E-state index >= 15 is 0 Å². The van der Waals surface area contributed by atoms with Crippen molar-refractivity contribution in [1.29, 1.82) is 0 Å². The van der Waals surface area contributed by atoms with Crippen LogP contribution in [-0.2, 0) is 9.59 Å².